The Hall–Kier alpha value is -3.68. The fourth-order valence-electron chi connectivity index (χ4n) is 4.99. The van der Waals surface area contributed by atoms with Crippen LogP contribution >= 0.6 is 0 Å². The van der Waals surface area contributed by atoms with Crippen LogP contribution in [0.2, 0.25) is 0 Å². The van der Waals surface area contributed by atoms with Crippen LogP contribution in [0.1, 0.15) is 64.0 Å². The number of methoxy groups -OCH3 is 3. The van der Waals surface area contributed by atoms with Crippen molar-refractivity contribution in [1.82, 2.24) is 9.55 Å². The molecule has 0 radical (unpaired) electrons. The summed E-state index contributed by atoms with van der Waals surface area (Å²) in [6.07, 6.45) is 6.72. The minimum Gasteiger partial charge on any atom is -0.493 e. The third kappa shape index (κ3) is 5.24. The van der Waals surface area contributed by atoms with Crippen LogP contribution in [0.5, 0.6) is 17.2 Å². The molecule has 0 bridgehead atoms. The van der Waals surface area contributed by atoms with Crippen molar-refractivity contribution in [2.45, 2.75) is 58.4 Å². The van der Waals surface area contributed by atoms with Crippen molar-refractivity contribution in [3.8, 4) is 17.2 Å². The zero-order valence-corrected chi connectivity index (χ0v) is 22.4. The maximum Gasteiger partial charge on any atom is 0.338 e. The molecule has 2 heterocycles. The molecular formula is C29H37N3O5. The van der Waals surface area contributed by atoms with Crippen molar-refractivity contribution < 1.29 is 23.7 Å². The summed E-state index contributed by atoms with van der Waals surface area (Å²) in [5.74, 6) is 1.79. The number of allylic oxidation sites excluding steroid dienone is 1. The maximum absolute atomic E-state index is 13.6. The third-order valence-corrected chi connectivity index (χ3v) is 6.81. The van der Waals surface area contributed by atoms with E-state index in [0.717, 1.165) is 35.9 Å². The summed E-state index contributed by atoms with van der Waals surface area (Å²) < 4.78 is 24.9. The molecule has 4 rings (SSSR count). The molecule has 1 aliphatic rings. The van der Waals surface area contributed by atoms with Gasteiger partial charge in [-0.15, -0.1) is 0 Å². The van der Waals surface area contributed by atoms with Crippen molar-refractivity contribution in [1.29, 1.82) is 0 Å². The van der Waals surface area contributed by atoms with Crippen LogP contribution in [0.3, 0.4) is 0 Å². The number of ether oxygens (including phenoxy) is 4. The minimum absolute atomic E-state index is 0.358. The molecule has 198 valence electrons. The van der Waals surface area contributed by atoms with Gasteiger partial charge in [0.25, 0.3) is 0 Å². The van der Waals surface area contributed by atoms with Crippen molar-refractivity contribution in [2.75, 3.05) is 33.3 Å². The van der Waals surface area contributed by atoms with E-state index in [-0.39, 0.29) is 5.97 Å². The lowest BCUT2D eigenvalue weighted by molar-refractivity contribution is -0.139. The van der Waals surface area contributed by atoms with E-state index in [1.807, 2.05) is 47.9 Å². The Kier molecular flexibility index (Phi) is 8.58. The predicted molar refractivity (Wildman–Crippen MR) is 145 cm³/mol. The Labute approximate surface area is 218 Å². The van der Waals surface area contributed by atoms with Gasteiger partial charge in [0, 0.05) is 11.3 Å². The number of para-hydroxylation sites is 2. The highest BCUT2D eigenvalue weighted by molar-refractivity contribution is 5.94. The van der Waals surface area contributed by atoms with Crippen molar-refractivity contribution in [3.05, 3.63) is 53.2 Å². The van der Waals surface area contributed by atoms with Crippen LogP contribution in [-0.2, 0) is 9.53 Å². The second-order valence-corrected chi connectivity index (χ2v) is 9.19. The molecule has 1 aromatic heterocycles. The van der Waals surface area contributed by atoms with Gasteiger partial charge in [-0.25, -0.2) is 9.78 Å². The topological polar surface area (TPSA) is 83.8 Å². The summed E-state index contributed by atoms with van der Waals surface area (Å²) in [7, 11) is 4.74. The smallest absolute Gasteiger partial charge is 0.338 e. The summed E-state index contributed by atoms with van der Waals surface area (Å²) in [4.78, 5) is 18.4. The molecule has 0 saturated heterocycles. The average molecular weight is 508 g/mol. The average Bonchev–Trinajstić information content (AvgIpc) is 3.28. The standard InChI is InChI=1S/C29H37N3O5/c1-6-7-8-9-10-13-18-37-28(33)24-19(2)30-29-31-21-14-11-12-15-22(21)32(29)25(24)20-16-17-23(34-3)27(36-5)26(20)35-4/h11-12,14-17,25H,6-10,13,18H2,1-5H3,(H,30,31)/t25-/m0/s1. The molecule has 3 aromatic rings. The zero-order chi connectivity index (χ0) is 26.4. The Bertz CT molecular complexity index is 1280. The van der Waals surface area contributed by atoms with E-state index in [2.05, 4.69) is 12.2 Å². The Balaban J connectivity index is 1.75. The van der Waals surface area contributed by atoms with E-state index < -0.39 is 6.04 Å². The molecule has 0 unspecified atom stereocenters. The molecule has 1 N–H and O–H groups in total. The summed E-state index contributed by atoms with van der Waals surface area (Å²) in [6.45, 7) is 4.47. The number of hydrogen-bond acceptors (Lipinski definition) is 7. The van der Waals surface area contributed by atoms with Gasteiger partial charge in [0.1, 0.15) is 0 Å². The van der Waals surface area contributed by atoms with Crippen LogP contribution in [0.4, 0.5) is 5.95 Å². The maximum atomic E-state index is 13.6. The number of hydrogen-bond donors (Lipinski definition) is 1. The first kappa shape index (κ1) is 26.4. The van der Waals surface area contributed by atoms with Crippen LogP contribution in [0.25, 0.3) is 11.0 Å². The first-order chi connectivity index (χ1) is 18.0. The van der Waals surface area contributed by atoms with E-state index in [1.165, 1.54) is 19.3 Å². The van der Waals surface area contributed by atoms with Gasteiger partial charge in [-0.1, -0.05) is 51.2 Å². The van der Waals surface area contributed by atoms with Gasteiger partial charge in [0.05, 0.1) is 50.6 Å². The van der Waals surface area contributed by atoms with Crippen LogP contribution in [0.15, 0.2) is 47.7 Å². The molecule has 0 aliphatic carbocycles. The normalized spacial score (nSPS) is 14.8. The largest absolute Gasteiger partial charge is 0.493 e. The third-order valence-electron chi connectivity index (χ3n) is 6.81. The molecule has 0 saturated carbocycles. The van der Waals surface area contributed by atoms with Crippen molar-refractivity contribution >= 4 is 23.0 Å². The molecule has 0 spiro atoms. The molecular weight excluding hydrogens is 470 g/mol. The monoisotopic (exact) mass is 507 g/mol. The van der Waals surface area contributed by atoms with Crippen LogP contribution in [-0.4, -0.2) is 43.5 Å². The number of rotatable bonds is 12. The number of esters is 1. The second-order valence-electron chi connectivity index (χ2n) is 9.19. The number of unbranched alkanes of at least 4 members (excludes halogenated alkanes) is 5. The first-order valence-corrected chi connectivity index (χ1v) is 13.0. The lowest BCUT2D eigenvalue weighted by Crippen LogP contribution is -2.29. The number of nitrogens with one attached hydrogen (secondary N) is 1. The van der Waals surface area contributed by atoms with E-state index in [4.69, 9.17) is 23.9 Å². The summed E-state index contributed by atoms with van der Waals surface area (Å²) in [5.41, 5.74) is 3.66. The zero-order valence-electron chi connectivity index (χ0n) is 22.4. The fraction of sp³-hybridized carbons (Fsp3) is 0.448. The fourth-order valence-corrected chi connectivity index (χ4v) is 4.99. The van der Waals surface area contributed by atoms with Gasteiger partial charge in [0.15, 0.2) is 11.5 Å². The van der Waals surface area contributed by atoms with Gasteiger partial charge in [-0.2, -0.15) is 0 Å². The number of carbonyl (C=O) groups is 1. The number of fused-ring (bicyclic) bond motifs is 3. The van der Waals surface area contributed by atoms with Crippen LogP contribution in [0, 0.1) is 0 Å². The lowest BCUT2D eigenvalue weighted by atomic mass is 9.93. The van der Waals surface area contributed by atoms with Gasteiger partial charge in [0.2, 0.25) is 11.7 Å². The minimum atomic E-state index is -0.546. The highest BCUT2D eigenvalue weighted by Crippen LogP contribution is 2.48. The molecule has 2 aromatic carbocycles. The van der Waals surface area contributed by atoms with Gasteiger partial charge >= 0.3 is 5.97 Å². The summed E-state index contributed by atoms with van der Waals surface area (Å²) >= 11 is 0. The molecule has 1 atom stereocenters. The lowest BCUT2D eigenvalue weighted by Gasteiger charge is -2.31. The second kappa shape index (κ2) is 12.0. The van der Waals surface area contributed by atoms with E-state index in [1.54, 1.807) is 21.3 Å². The van der Waals surface area contributed by atoms with E-state index >= 15 is 0 Å². The number of nitrogens with zero attached hydrogens (tertiary/aromatic N) is 2. The molecule has 1 aliphatic heterocycles. The predicted octanol–water partition coefficient (Wildman–Crippen LogP) is 6.25. The van der Waals surface area contributed by atoms with Gasteiger partial charge in [-0.05, 0) is 37.6 Å². The van der Waals surface area contributed by atoms with Crippen LogP contribution < -0.4 is 19.5 Å². The number of carbonyl (C=O) groups excluding carboxylic acids is 1. The number of imidazole rings is 1. The van der Waals surface area contributed by atoms with Gasteiger partial charge < -0.3 is 24.3 Å². The van der Waals surface area contributed by atoms with E-state index in [9.17, 15) is 4.79 Å². The Morgan fingerprint density at radius 1 is 0.946 bits per heavy atom. The van der Waals surface area contributed by atoms with E-state index in [0.29, 0.717) is 41.1 Å². The number of anilines is 1. The van der Waals surface area contributed by atoms with Crippen molar-refractivity contribution in [3.63, 3.8) is 0 Å². The molecule has 8 nitrogen and oxygen atoms in total. The first-order valence-electron chi connectivity index (χ1n) is 13.0. The molecule has 37 heavy (non-hydrogen) atoms. The number of aromatic nitrogens is 2. The highest BCUT2D eigenvalue weighted by Gasteiger charge is 2.37. The molecule has 8 heteroatoms. The SMILES string of the molecule is CCCCCCCCOC(=O)C1=C(C)Nc2nc3ccccc3n2[C@H]1c1ccc(OC)c(OC)c1OC. The number of benzene rings is 2. The quantitative estimate of drug-likeness (QED) is 0.229. The summed E-state index contributed by atoms with van der Waals surface area (Å²) in [6, 6.07) is 11.0. The van der Waals surface area contributed by atoms with Crippen molar-refractivity contribution in [2.24, 2.45) is 0 Å². The van der Waals surface area contributed by atoms with Gasteiger partial charge in [-0.3, -0.25) is 4.57 Å². The summed E-state index contributed by atoms with van der Waals surface area (Å²) in [5, 5.41) is 3.33. The highest BCUT2D eigenvalue weighted by atomic mass is 16.5. The molecule has 0 fully saturated rings. The molecule has 0 amide bonds. The Morgan fingerprint density at radius 3 is 2.41 bits per heavy atom. The Morgan fingerprint density at radius 2 is 1.68 bits per heavy atom.